The molecule has 0 radical (unpaired) electrons. The van der Waals surface area contributed by atoms with Crippen LogP contribution < -0.4 is 10.8 Å². The highest BCUT2D eigenvalue weighted by Gasteiger charge is 2.14. The monoisotopic (exact) mass is 220 g/mol. The molecule has 0 bridgehead atoms. The molecule has 2 N–H and O–H groups in total. The molecule has 2 rings (SSSR count). The summed E-state index contributed by atoms with van der Waals surface area (Å²) in [6.07, 6.45) is 2.20. The van der Waals surface area contributed by atoms with Gasteiger partial charge in [0.05, 0.1) is 12.3 Å². The zero-order valence-corrected chi connectivity index (χ0v) is 9.40. The van der Waals surface area contributed by atoms with Crippen molar-refractivity contribution in [2.75, 3.05) is 23.9 Å². The van der Waals surface area contributed by atoms with E-state index in [4.69, 9.17) is 10.6 Å². The van der Waals surface area contributed by atoms with Crippen LogP contribution in [-0.2, 0) is 4.84 Å². The first-order valence-electron chi connectivity index (χ1n) is 5.49. The maximum atomic E-state index is 11.4. The van der Waals surface area contributed by atoms with E-state index in [1.807, 2.05) is 11.1 Å². The van der Waals surface area contributed by atoms with Gasteiger partial charge in [0.1, 0.15) is 0 Å². The summed E-state index contributed by atoms with van der Waals surface area (Å²) in [6.45, 7) is 3.12. The van der Waals surface area contributed by atoms with Gasteiger partial charge in [-0.25, -0.2) is 0 Å². The van der Waals surface area contributed by atoms with Gasteiger partial charge in [-0.3, -0.25) is 14.7 Å². The molecule has 1 saturated heterocycles. The molecule has 1 aromatic rings. The molecule has 16 heavy (non-hydrogen) atoms. The summed E-state index contributed by atoms with van der Waals surface area (Å²) < 4.78 is 0. The van der Waals surface area contributed by atoms with Crippen LogP contribution in [0.3, 0.4) is 0 Å². The molecule has 4 nitrogen and oxygen atoms in total. The molecule has 0 aromatic heterocycles. The number of hydrogen-bond acceptors (Lipinski definition) is 4. The van der Waals surface area contributed by atoms with Crippen LogP contribution >= 0.6 is 0 Å². The van der Waals surface area contributed by atoms with Gasteiger partial charge < -0.3 is 5.73 Å². The van der Waals surface area contributed by atoms with E-state index in [-0.39, 0.29) is 5.78 Å². The Balaban J connectivity index is 2.27. The lowest BCUT2D eigenvalue weighted by molar-refractivity contribution is 0.0778. The number of carbonyl (C=O) groups is 1. The lowest BCUT2D eigenvalue weighted by Crippen LogP contribution is -2.29. The van der Waals surface area contributed by atoms with Gasteiger partial charge in [0, 0.05) is 17.8 Å². The van der Waals surface area contributed by atoms with Crippen molar-refractivity contribution >= 4 is 17.2 Å². The Kier molecular flexibility index (Phi) is 3.10. The Morgan fingerprint density at radius 1 is 1.44 bits per heavy atom. The molecular formula is C12H16N2O2. The van der Waals surface area contributed by atoms with Crippen LogP contribution in [-0.4, -0.2) is 18.9 Å². The standard InChI is InChI=1S/C12H16N2O2/c1-9(15)11-8-10(4-5-12(11)13)14-6-2-3-7-16-14/h4-5,8H,2-3,6-7,13H2,1H3. The molecule has 1 aliphatic heterocycles. The fraction of sp³-hybridized carbons (Fsp3) is 0.417. The number of hydrogen-bond donors (Lipinski definition) is 1. The molecule has 1 fully saturated rings. The van der Waals surface area contributed by atoms with Gasteiger partial charge in [-0.15, -0.1) is 0 Å². The van der Waals surface area contributed by atoms with Crippen molar-refractivity contribution in [1.82, 2.24) is 0 Å². The summed E-state index contributed by atoms with van der Waals surface area (Å²) in [4.78, 5) is 16.9. The smallest absolute Gasteiger partial charge is 0.161 e. The van der Waals surface area contributed by atoms with Crippen LogP contribution in [0.25, 0.3) is 0 Å². The topological polar surface area (TPSA) is 55.6 Å². The third-order valence-electron chi connectivity index (χ3n) is 2.71. The Morgan fingerprint density at radius 3 is 2.88 bits per heavy atom. The molecule has 0 aliphatic carbocycles. The summed E-state index contributed by atoms with van der Waals surface area (Å²) in [6, 6.07) is 5.43. The molecule has 1 aromatic carbocycles. The fourth-order valence-corrected chi connectivity index (χ4v) is 1.80. The molecule has 0 unspecified atom stereocenters. The highest BCUT2D eigenvalue weighted by atomic mass is 16.7. The molecular weight excluding hydrogens is 204 g/mol. The first-order valence-corrected chi connectivity index (χ1v) is 5.49. The highest BCUT2D eigenvalue weighted by Crippen LogP contribution is 2.24. The molecule has 0 saturated carbocycles. The Hall–Kier alpha value is -1.55. The summed E-state index contributed by atoms with van der Waals surface area (Å²) in [5.74, 6) is -0.0173. The minimum absolute atomic E-state index is 0.0173. The Bertz CT molecular complexity index is 398. The molecule has 4 heteroatoms. The number of benzene rings is 1. The molecule has 0 amide bonds. The Morgan fingerprint density at radius 2 is 2.25 bits per heavy atom. The van der Waals surface area contributed by atoms with E-state index in [9.17, 15) is 4.79 Å². The third kappa shape index (κ3) is 2.17. The molecule has 0 atom stereocenters. The van der Waals surface area contributed by atoms with Crippen molar-refractivity contribution < 1.29 is 9.63 Å². The summed E-state index contributed by atoms with van der Waals surface area (Å²) in [5.41, 5.74) is 7.72. The zero-order chi connectivity index (χ0) is 11.5. The second-order valence-electron chi connectivity index (χ2n) is 3.97. The summed E-state index contributed by atoms with van der Waals surface area (Å²) in [5, 5.41) is 1.83. The number of rotatable bonds is 2. The number of carbonyl (C=O) groups excluding carboxylic acids is 1. The van der Waals surface area contributed by atoms with Gasteiger partial charge in [-0.1, -0.05) is 0 Å². The normalized spacial score (nSPS) is 16.2. The van der Waals surface area contributed by atoms with Crippen LogP contribution in [0.15, 0.2) is 18.2 Å². The van der Waals surface area contributed by atoms with Crippen molar-refractivity contribution in [2.45, 2.75) is 19.8 Å². The van der Waals surface area contributed by atoms with E-state index in [0.29, 0.717) is 11.3 Å². The van der Waals surface area contributed by atoms with Crippen molar-refractivity contribution in [3.8, 4) is 0 Å². The van der Waals surface area contributed by atoms with Crippen molar-refractivity contribution in [2.24, 2.45) is 0 Å². The van der Waals surface area contributed by atoms with Gasteiger partial charge in [-0.2, -0.15) is 0 Å². The fourth-order valence-electron chi connectivity index (χ4n) is 1.80. The zero-order valence-electron chi connectivity index (χ0n) is 9.40. The van der Waals surface area contributed by atoms with Gasteiger partial charge >= 0.3 is 0 Å². The number of nitrogens with two attached hydrogens (primary N) is 1. The number of anilines is 2. The molecule has 1 heterocycles. The van der Waals surface area contributed by atoms with Gasteiger partial charge in [0.15, 0.2) is 5.78 Å². The summed E-state index contributed by atoms with van der Waals surface area (Å²) >= 11 is 0. The van der Waals surface area contributed by atoms with Gasteiger partial charge in [-0.05, 0) is 38.0 Å². The van der Waals surface area contributed by atoms with E-state index >= 15 is 0 Å². The lowest BCUT2D eigenvalue weighted by atomic mass is 10.1. The van der Waals surface area contributed by atoms with Gasteiger partial charge in [0.2, 0.25) is 0 Å². The molecule has 0 spiro atoms. The molecule has 1 aliphatic rings. The second kappa shape index (κ2) is 4.53. The second-order valence-corrected chi connectivity index (χ2v) is 3.97. The van der Waals surface area contributed by atoms with E-state index in [2.05, 4.69) is 0 Å². The van der Waals surface area contributed by atoms with Crippen molar-refractivity contribution in [1.29, 1.82) is 0 Å². The van der Waals surface area contributed by atoms with E-state index in [1.165, 1.54) is 6.92 Å². The Labute approximate surface area is 94.9 Å². The molecule has 86 valence electrons. The van der Waals surface area contributed by atoms with Gasteiger partial charge in [0.25, 0.3) is 0 Å². The van der Waals surface area contributed by atoms with E-state index < -0.39 is 0 Å². The van der Waals surface area contributed by atoms with Crippen LogP contribution in [0, 0.1) is 0 Å². The number of hydroxylamine groups is 1. The predicted octanol–water partition coefficient (Wildman–Crippen LogP) is 2.00. The number of ketones is 1. The third-order valence-corrected chi connectivity index (χ3v) is 2.71. The van der Waals surface area contributed by atoms with Crippen molar-refractivity contribution in [3.63, 3.8) is 0 Å². The SMILES string of the molecule is CC(=O)c1cc(N2CCCCO2)ccc1N. The maximum Gasteiger partial charge on any atom is 0.161 e. The van der Waals surface area contributed by atoms with E-state index in [0.717, 1.165) is 31.7 Å². The number of nitrogen functional groups attached to an aromatic ring is 1. The van der Waals surface area contributed by atoms with Crippen LogP contribution in [0.5, 0.6) is 0 Å². The van der Waals surface area contributed by atoms with Crippen molar-refractivity contribution in [3.05, 3.63) is 23.8 Å². The van der Waals surface area contributed by atoms with E-state index in [1.54, 1.807) is 12.1 Å². The maximum absolute atomic E-state index is 11.4. The minimum Gasteiger partial charge on any atom is -0.398 e. The first kappa shape index (κ1) is 11.0. The number of nitrogens with zero attached hydrogens (tertiary/aromatic N) is 1. The summed E-state index contributed by atoms with van der Waals surface area (Å²) in [7, 11) is 0. The van der Waals surface area contributed by atoms with Crippen LogP contribution in [0.2, 0.25) is 0 Å². The average Bonchev–Trinajstić information content (AvgIpc) is 2.30. The average molecular weight is 220 g/mol. The highest BCUT2D eigenvalue weighted by molar-refractivity contribution is 6.00. The minimum atomic E-state index is -0.0173. The lowest BCUT2D eigenvalue weighted by Gasteiger charge is -2.28. The van der Waals surface area contributed by atoms with Crippen LogP contribution in [0.1, 0.15) is 30.1 Å². The number of Topliss-reactive ketones (excluding diaryl/α,β-unsaturated/α-hetero) is 1. The quantitative estimate of drug-likeness (QED) is 0.612. The first-order chi connectivity index (χ1) is 7.68. The predicted molar refractivity (Wildman–Crippen MR) is 63.4 cm³/mol. The van der Waals surface area contributed by atoms with Crippen LogP contribution in [0.4, 0.5) is 11.4 Å². The largest absolute Gasteiger partial charge is 0.398 e.